The smallest absolute Gasteiger partial charge is 0.107 e. The zero-order valence-electron chi connectivity index (χ0n) is 6.95. The topological polar surface area (TPSA) is 62.7 Å². The molecule has 0 fully saturated rings. The Morgan fingerprint density at radius 1 is 1.83 bits per heavy atom. The van der Waals surface area contributed by atoms with Gasteiger partial charge in [0.05, 0.1) is 18.2 Å². The van der Waals surface area contributed by atoms with Crippen molar-refractivity contribution in [3.8, 4) is 6.07 Å². The Labute approximate surface area is 75.8 Å². The summed E-state index contributed by atoms with van der Waals surface area (Å²) >= 11 is 1.53. The lowest BCUT2D eigenvalue weighted by Gasteiger charge is -2.01. The van der Waals surface area contributed by atoms with E-state index in [1.807, 2.05) is 12.3 Å². The van der Waals surface area contributed by atoms with E-state index < -0.39 is 0 Å². The highest BCUT2D eigenvalue weighted by atomic mass is 32.1. The Balaban J connectivity index is 2.71. The van der Waals surface area contributed by atoms with Crippen molar-refractivity contribution in [2.75, 3.05) is 6.54 Å². The highest BCUT2D eigenvalue weighted by molar-refractivity contribution is 7.09. The highest BCUT2D eigenvalue weighted by Gasteiger charge is 2.07. The van der Waals surface area contributed by atoms with E-state index in [9.17, 15) is 0 Å². The van der Waals surface area contributed by atoms with Crippen LogP contribution in [0.1, 0.15) is 23.5 Å². The van der Waals surface area contributed by atoms with Crippen molar-refractivity contribution in [1.82, 2.24) is 4.98 Å². The summed E-state index contributed by atoms with van der Waals surface area (Å²) in [7, 11) is 0. The second-order valence-electron chi connectivity index (χ2n) is 2.64. The maximum Gasteiger partial charge on any atom is 0.107 e. The van der Waals surface area contributed by atoms with Crippen molar-refractivity contribution in [3.05, 3.63) is 16.1 Å². The van der Waals surface area contributed by atoms with Gasteiger partial charge in [0.25, 0.3) is 0 Å². The average Bonchev–Trinajstić information content (AvgIpc) is 2.52. The van der Waals surface area contributed by atoms with Gasteiger partial charge in [-0.1, -0.05) is 6.92 Å². The molecule has 1 unspecified atom stereocenters. The van der Waals surface area contributed by atoms with Crippen LogP contribution in [0.25, 0.3) is 0 Å². The van der Waals surface area contributed by atoms with Crippen molar-refractivity contribution < 1.29 is 0 Å². The van der Waals surface area contributed by atoms with Crippen molar-refractivity contribution in [1.29, 1.82) is 5.26 Å². The van der Waals surface area contributed by atoms with Crippen LogP contribution in [0.5, 0.6) is 0 Å². The fraction of sp³-hybridized carbons (Fsp3) is 0.500. The van der Waals surface area contributed by atoms with Crippen molar-refractivity contribution >= 4 is 11.3 Å². The first-order valence-electron chi connectivity index (χ1n) is 3.79. The van der Waals surface area contributed by atoms with Gasteiger partial charge in [-0.25, -0.2) is 4.98 Å². The average molecular weight is 181 g/mol. The van der Waals surface area contributed by atoms with E-state index in [4.69, 9.17) is 11.0 Å². The molecule has 12 heavy (non-hydrogen) atoms. The minimum atomic E-state index is 0.300. The molecule has 64 valence electrons. The van der Waals surface area contributed by atoms with E-state index >= 15 is 0 Å². The zero-order chi connectivity index (χ0) is 8.97. The van der Waals surface area contributed by atoms with Crippen LogP contribution in [-0.2, 0) is 6.42 Å². The molecule has 3 nitrogen and oxygen atoms in total. The maximum absolute atomic E-state index is 8.42. The standard InChI is InChI=1S/C8H11N3S/c1-6(4-10)7-5-12-8(11-7)2-3-9/h5-6H,2,4,10H2,1H3. The Morgan fingerprint density at radius 3 is 3.17 bits per heavy atom. The van der Waals surface area contributed by atoms with E-state index in [0.29, 0.717) is 18.9 Å². The van der Waals surface area contributed by atoms with E-state index in [1.165, 1.54) is 11.3 Å². The monoisotopic (exact) mass is 181 g/mol. The molecule has 0 saturated heterocycles. The SMILES string of the molecule is CC(CN)c1csc(CC#N)n1. The molecule has 0 aliphatic heterocycles. The third kappa shape index (κ3) is 2.03. The van der Waals surface area contributed by atoms with Gasteiger partial charge in [-0.2, -0.15) is 5.26 Å². The molecule has 1 rings (SSSR count). The lowest BCUT2D eigenvalue weighted by molar-refractivity contribution is 0.748. The number of rotatable bonds is 3. The van der Waals surface area contributed by atoms with Crippen LogP contribution in [0.15, 0.2) is 5.38 Å². The summed E-state index contributed by atoms with van der Waals surface area (Å²) in [5.74, 6) is 0.300. The molecule has 1 heterocycles. The van der Waals surface area contributed by atoms with Gasteiger partial charge in [0.2, 0.25) is 0 Å². The minimum Gasteiger partial charge on any atom is -0.330 e. The zero-order valence-corrected chi connectivity index (χ0v) is 7.77. The molecular weight excluding hydrogens is 170 g/mol. The quantitative estimate of drug-likeness (QED) is 0.763. The first-order valence-corrected chi connectivity index (χ1v) is 4.67. The predicted molar refractivity (Wildman–Crippen MR) is 48.9 cm³/mol. The molecule has 1 aromatic heterocycles. The lowest BCUT2D eigenvalue weighted by atomic mass is 10.1. The Hall–Kier alpha value is -0.920. The molecule has 0 saturated carbocycles. The number of nitrogens with zero attached hydrogens (tertiary/aromatic N) is 2. The van der Waals surface area contributed by atoms with Crippen molar-refractivity contribution in [2.24, 2.45) is 5.73 Å². The maximum atomic E-state index is 8.42. The molecule has 0 amide bonds. The van der Waals surface area contributed by atoms with Crippen molar-refractivity contribution in [2.45, 2.75) is 19.3 Å². The first-order chi connectivity index (χ1) is 5.77. The third-order valence-electron chi connectivity index (χ3n) is 1.66. The van der Waals surface area contributed by atoms with Crippen LogP contribution in [-0.4, -0.2) is 11.5 Å². The minimum absolute atomic E-state index is 0.300. The van der Waals surface area contributed by atoms with Crippen LogP contribution in [0.4, 0.5) is 0 Å². The molecule has 1 atom stereocenters. The van der Waals surface area contributed by atoms with Gasteiger partial charge in [-0.15, -0.1) is 11.3 Å². The molecule has 0 spiro atoms. The Kier molecular flexibility index (Phi) is 3.20. The van der Waals surface area contributed by atoms with E-state index in [-0.39, 0.29) is 0 Å². The van der Waals surface area contributed by atoms with Crippen LogP contribution >= 0.6 is 11.3 Å². The van der Waals surface area contributed by atoms with Gasteiger partial charge >= 0.3 is 0 Å². The van der Waals surface area contributed by atoms with E-state index in [0.717, 1.165) is 10.7 Å². The van der Waals surface area contributed by atoms with Crippen LogP contribution in [0.3, 0.4) is 0 Å². The largest absolute Gasteiger partial charge is 0.330 e. The van der Waals surface area contributed by atoms with Crippen LogP contribution < -0.4 is 5.73 Å². The molecule has 2 N–H and O–H groups in total. The highest BCUT2D eigenvalue weighted by Crippen LogP contribution is 2.17. The Morgan fingerprint density at radius 2 is 2.58 bits per heavy atom. The fourth-order valence-electron chi connectivity index (χ4n) is 0.821. The number of hydrogen-bond acceptors (Lipinski definition) is 4. The summed E-state index contributed by atoms with van der Waals surface area (Å²) in [6, 6.07) is 2.07. The molecule has 0 aliphatic carbocycles. The second kappa shape index (κ2) is 4.19. The molecule has 0 aliphatic rings. The van der Waals surface area contributed by atoms with Crippen LogP contribution in [0, 0.1) is 11.3 Å². The molecular formula is C8H11N3S. The van der Waals surface area contributed by atoms with Crippen LogP contribution in [0.2, 0.25) is 0 Å². The summed E-state index contributed by atoms with van der Waals surface area (Å²) in [5.41, 5.74) is 6.49. The Bertz CT molecular complexity index is 287. The van der Waals surface area contributed by atoms with Gasteiger partial charge in [-0.3, -0.25) is 0 Å². The van der Waals surface area contributed by atoms with Gasteiger partial charge in [0.15, 0.2) is 0 Å². The number of hydrogen-bond donors (Lipinski definition) is 1. The first kappa shape index (κ1) is 9.17. The second-order valence-corrected chi connectivity index (χ2v) is 3.58. The fourth-order valence-corrected chi connectivity index (χ4v) is 1.67. The molecule has 1 aromatic rings. The summed E-state index contributed by atoms with van der Waals surface area (Å²) in [5, 5.41) is 11.3. The van der Waals surface area contributed by atoms with E-state index in [1.54, 1.807) is 0 Å². The third-order valence-corrected chi connectivity index (χ3v) is 2.53. The van der Waals surface area contributed by atoms with Gasteiger partial charge in [0.1, 0.15) is 5.01 Å². The number of nitriles is 1. The number of nitrogens with two attached hydrogens (primary N) is 1. The molecule has 0 aromatic carbocycles. The van der Waals surface area contributed by atoms with Gasteiger partial charge in [-0.05, 0) is 0 Å². The predicted octanol–water partition coefficient (Wildman–Crippen LogP) is 1.27. The van der Waals surface area contributed by atoms with E-state index in [2.05, 4.69) is 11.1 Å². The summed E-state index contributed by atoms with van der Waals surface area (Å²) < 4.78 is 0. The summed E-state index contributed by atoms with van der Waals surface area (Å²) in [6.07, 6.45) is 0.405. The summed E-state index contributed by atoms with van der Waals surface area (Å²) in [4.78, 5) is 4.29. The molecule has 0 radical (unpaired) electrons. The number of aromatic nitrogens is 1. The molecule has 0 bridgehead atoms. The van der Waals surface area contributed by atoms with Crippen molar-refractivity contribution in [3.63, 3.8) is 0 Å². The van der Waals surface area contributed by atoms with Gasteiger partial charge < -0.3 is 5.73 Å². The summed E-state index contributed by atoms with van der Waals surface area (Å²) in [6.45, 7) is 2.64. The van der Waals surface area contributed by atoms with Gasteiger partial charge in [0, 0.05) is 17.8 Å². The lowest BCUT2D eigenvalue weighted by Crippen LogP contribution is -2.09. The normalized spacial score (nSPS) is 12.4. The number of thiazole rings is 1. The molecule has 4 heteroatoms.